The third-order valence-corrected chi connectivity index (χ3v) is 6.69. The number of aliphatic hydroxyl groups excluding tert-OH is 1. The van der Waals surface area contributed by atoms with Gasteiger partial charge >= 0.3 is 6.03 Å². The molecule has 0 radical (unpaired) electrons. The zero-order valence-electron chi connectivity index (χ0n) is 21.0. The minimum Gasteiger partial charge on any atom is -0.497 e. The van der Waals surface area contributed by atoms with Gasteiger partial charge in [-0.3, -0.25) is 5.10 Å². The van der Waals surface area contributed by atoms with E-state index >= 15 is 0 Å². The van der Waals surface area contributed by atoms with Crippen LogP contribution in [0.3, 0.4) is 0 Å². The Hall–Kier alpha value is -3.56. The van der Waals surface area contributed by atoms with E-state index in [1.165, 1.54) is 0 Å². The maximum absolute atomic E-state index is 13.5. The van der Waals surface area contributed by atoms with E-state index in [9.17, 15) is 9.90 Å². The van der Waals surface area contributed by atoms with E-state index in [-0.39, 0.29) is 12.6 Å². The first kappa shape index (κ1) is 25.5. The number of anilines is 2. The number of benzene rings is 2. The quantitative estimate of drug-likeness (QED) is 0.344. The normalized spacial score (nSPS) is 13.9. The molecule has 1 fully saturated rings. The highest BCUT2D eigenvalue weighted by molar-refractivity contribution is 5.94. The molecule has 9 nitrogen and oxygen atoms in total. The Morgan fingerprint density at radius 3 is 2.75 bits per heavy atom. The van der Waals surface area contributed by atoms with E-state index in [4.69, 9.17) is 4.74 Å². The van der Waals surface area contributed by atoms with Gasteiger partial charge in [-0.05, 0) is 67.7 Å². The Morgan fingerprint density at radius 2 is 2.03 bits per heavy atom. The first-order valence-electron chi connectivity index (χ1n) is 12.5. The van der Waals surface area contributed by atoms with E-state index in [2.05, 4.69) is 38.8 Å². The number of nitrogens with zero attached hydrogens (tertiary/aromatic N) is 3. The van der Waals surface area contributed by atoms with Crippen LogP contribution in [-0.2, 0) is 6.54 Å². The summed E-state index contributed by atoms with van der Waals surface area (Å²) < 4.78 is 5.34. The van der Waals surface area contributed by atoms with Crippen molar-refractivity contribution in [1.29, 1.82) is 0 Å². The largest absolute Gasteiger partial charge is 0.497 e. The number of carbonyl (C=O) groups excluding carboxylic acids is 1. The van der Waals surface area contributed by atoms with Crippen molar-refractivity contribution in [2.45, 2.75) is 31.8 Å². The van der Waals surface area contributed by atoms with Crippen molar-refractivity contribution in [2.75, 3.05) is 50.6 Å². The second kappa shape index (κ2) is 12.4. The molecule has 4 N–H and O–H groups in total. The van der Waals surface area contributed by atoms with E-state index in [1.807, 2.05) is 42.6 Å². The van der Waals surface area contributed by atoms with Gasteiger partial charge in [-0.25, -0.2) is 4.79 Å². The summed E-state index contributed by atoms with van der Waals surface area (Å²) in [5, 5.41) is 23.0. The predicted molar refractivity (Wildman–Crippen MR) is 142 cm³/mol. The number of aromatic nitrogens is 2. The molecule has 192 valence electrons. The van der Waals surface area contributed by atoms with Crippen molar-refractivity contribution < 1.29 is 14.6 Å². The fourth-order valence-corrected chi connectivity index (χ4v) is 4.61. The Balaban J connectivity index is 1.59. The summed E-state index contributed by atoms with van der Waals surface area (Å²) in [6.07, 6.45) is 6.24. The summed E-state index contributed by atoms with van der Waals surface area (Å²) in [4.78, 5) is 17.5. The highest BCUT2D eigenvalue weighted by atomic mass is 16.5. The van der Waals surface area contributed by atoms with Crippen LogP contribution >= 0.6 is 0 Å². The summed E-state index contributed by atoms with van der Waals surface area (Å²) in [6, 6.07) is 13.9. The Morgan fingerprint density at radius 1 is 1.19 bits per heavy atom. The number of H-pyrrole nitrogens is 1. The number of ether oxygens (including phenoxy) is 1. The lowest BCUT2D eigenvalue weighted by Crippen LogP contribution is -2.42. The van der Waals surface area contributed by atoms with Gasteiger partial charge in [-0.15, -0.1) is 0 Å². The van der Waals surface area contributed by atoms with Crippen LogP contribution in [0.2, 0.25) is 0 Å². The van der Waals surface area contributed by atoms with Crippen LogP contribution in [0.15, 0.2) is 54.9 Å². The molecule has 1 aliphatic rings. The fourth-order valence-electron chi connectivity index (χ4n) is 4.61. The number of rotatable bonds is 10. The van der Waals surface area contributed by atoms with Gasteiger partial charge in [0, 0.05) is 44.5 Å². The van der Waals surface area contributed by atoms with Gasteiger partial charge in [0.1, 0.15) is 5.75 Å². The second-order valence-electron chi connectivity index (χ2n) is 9.09. The van der Waals surface area contributed by atoms with Crippen molar-refractivity contribution in [3.05, 3.63) is 60.4 Å². The average Bonchev–Trinajstić information content (AvgIpc) is 3.46. The summed E-state index contributed by atoms with van der Waals surface area (Å²) in [7, 11) is 3.73. The van der Waals surface area contributed by atoms with E-state index in [1.54, 1.807) is 18.2 Å². The van der Waals surface area contributed by atoms with Crippen molar-refractivity contribution >= 4 is 17.4 Å². The standard InChI is InChI=1S/C27H36N6O3/c1-32(23-9-11-28-12-10-23)26-16-21(22-17-29-30-18-22)7-8-25(26)31-27(35)33(13-4-14-34)19-20-5-3-6-24(15-20)36-2/h3,5-8,15-18,23,28,34H,4,9-14,19H2,1-2H3,(H,29,30)(H,31,35). The van der Waals surface area contributed by atoms with Gasteiger partial charge in [0.05, 0.1) is 24.7 Å². The molecule has 0 bridgehead atoms. The zero-order valence-corrected chi connectivity index (χ0v) is 21.0. The summed E-state index contributed by atoms with van der Waals surface area (Å²) in [5.74, 6) is 0.746. The number of hydrogen-bond acceptors (Lipinski definition) is 6. The lowest BCUT2D eigenvalue weighted by Gasteiger charge is -2.35. The highest BCUT2D eigenvalue weighted by Crippen LogP contribution is 2.33. The average molecular weight is 493 g/mol. The van der Waals surface area contributed by atoms with E-state index in [0.717, 1.165) is 59.7 Å². The van der Waals surface area contributed by atoms with Crippen molar-refractivity contribution in [1.82, 2.24) is 20.4 Å². The van der Waals surface area contributed by atoms with Crippen LogP contribution in [0.4, 0.5) is 16.2 Å². The Bertz CT molecular complexity index is 1110. The third-order valence-electron chi connectivity index (χ3n) is 6.69. The number of methoxy groups -OCH3 is 1. The van der Waals surface area contributed by atoms with Crippen molar-refractivity contribution in [3.63, 3.8) is 0 Å². The maximum atomic E-state index is 13.5. The third kappa shape index (κ3) is 6.35. The Kier molecular flexibility index (Phi) is 8.80. The molecule has 0 atom stereocenters. The monoisotopic (exact) mass is 492 g/mol. The smallest absolute Gasteiger partial charge is 0.322 e. The number of urea groups is 1. The molecule has 2 amide bonds. The number of carbonyl (C=O) groups is 1. The molecule has 1 aromatic heterocycles. The molecule has 1 aliphatic heterocycles. The van der Waals surface area contributed by atoms with Gasteiger partial charge in [-0.1, -0.05) is 18.2 Å². The molecule has 2 heterocycles. The summed E-state index contributed by atoms with van der Waals surface area (Å²) in [6.45, 7) is 2.83. The van der Waals surface area contributed by atoms with Crippen LogP contribution < -0.4 is 20.3 Å². The molecule has 4 rings (SSSR count). The second-order valence-corrected chi connectivity index (χ2v) is 9.09. The first-order chi connectivity index (χ1) is 17.6. The molecular weight excluding hydrogens is 456 g/mol. The number of aromatic amines is 1. The molecule has 9 heteroatoms. The molecule has 3 aromatic rings. The predicted octanol–water partition coefficient (Wildman–Crippen LogP) is 3.69. The van der Waals surface area contributed by atoms with Gasteiger partial charge in [0.25, 0.3) is 0 Å². The fraction of sp³-hybridized carbons (Fsp3) is 0.407. The first-order valence-corrected chi connectivity index (χ1v) is 12.5. The van der Waals surface area contributed by atoms with Crippen LogP contribution in [0.25, 0.3) is 11.1 Å². The minimum absolute atomic E-state index is 0.0188. The van der Waals surface area contributed by atoms with E-state index < -0.39 is 0 Å². The Labute approximate surface area is 212 Å². The lowest BCUT2D eigenvalue weighted by molar-refractivity contribution is 0.199. The summed E-state index contributed by atoms with van der Waals surface area (Å²) in [5.41, 5.74) is 4.72. The number of aliphatic hydroxyl groups is 1. The van der Waals surface area contributed by atoms with Gasteiger partial charge in [0.15, 0.2) is 0 Å². The van der Waals surface area contributed by atoms with Gasteiger partial charge in [0.2, 0.25) is 0 Å². The number of amides is 2. The highest BCUT2D eigenvalue weighted by Gasteiger charge is 2.23. The molecule has 36 heavy (non-hydrogen) atoms. The molecule has 2 aromatic carbocycles. The van der Waals surface area contributed by atoms with Crippen LogP contribution in [0.1, 0.15) is 24.8 Å². The molecule has 0 aliphatic carbocycles. The summed E-state index contributed by atoms with van der Waals surface area (Å²) >= 11 is 0. The minimum atomic E-state index is -0.206. The van der Waals surface area contributed by atoms with Crippen LogP contribution in [0, 0.1) is 0 Å². The molecule has 1 saturated heterocycles. The number of nitrogens with one attached hydrogen (secondary N) is 3. The SMILES string of the molecule is COc1cccc(CN(CCCO)C(=O)Nc2ccc(-c3cn[nH]c3)cc2N(C)C2CCNCC2)c1. The van der Waals surface area contributed by atoms with Crippen LogP contribution in [-0.4, -0.2) is 72.7 Å². The van der Waals surface area contributed by atoms with Gasteiger partial charge < -0.3 is 30.3 Å². The van der Waals surface area contributed by atoms with Crippen LogP contribution in [0.5, 0.6) is 5.75 Å². The molecule has 0 spiro atoms. The molecule has 0 unspecified atom stereocenters. The number of hydrogen-bond donors (Lipinski definition) is 4. The zero-order chi connectivity index (χ0) is 25.3. The van der Waals surface area contributed by atoms with Crippen molar-refractivity contribution in [3.8, 4) is 16.9 Å². The number of piperidine rings is 1. The molecule has 0 saturated carbocycles. The van der Waals surface area contributed by atoms with Gasteiger partial charge in [-0.2, -0.15) is 5.10 Å². The lowest BCUT2D eigenvalue weighted by atomic mass is 10.0. The topological polar surface area (TPSA) is 106 Å². The van der Waals surface area contributed by atoms with Crippen molar-refractivity contribution in [2.24, 2.45) is 0 Å². The molecular formula is C27H36N6O3. The maximum Gasteiger partial charge on any atom is 0.322 e. The van der Waals surface area contributed by atoms with E-state index in [0.29, 0.717) is 25.6 Å².